The predicted molar refractivity (Wildman–Crippen MR) is 100 cm³/mol. The molecule has 2 aromatic rings. The molecule has 0 spiro atoms. The summed E-state index contributed by atoms with van der Waals surface area (Å²) in [6, 6.07) is 7.77. The number of methoxy groups -OCH3 is 1. The third-order valence-corrected chi connectivity index (χ3v) is 6.28. The number of benzene rings is 1. The summed E-state index contributed by atoms with van der Waals surface area (Å²) >= 11 is 6.54. The molecule has 3 fully saturated rings. The number of aliphatic hydroxyl groups is 1. The van der Waals surface area contributed by atoms with Gasteiger partial charge in [-0.05, 0) is 48.1 Å². The van der Waals surface area contributed by atoms with E-state index in [1.54, 1.807) is 13.3 Å². The highest BCUT2D eigenvalue weighted by atomic mass is 35.5. The van der Waals surface area contributed by atoms with Gasteiger partial charge in [-0.2, -0.15) is 0 Å². The Hall–Kier alpha value is -1.62. The van der Waals surface area contributed by atoms with E-state index in [2.05, 4.69) is 16.5 Å². The van der Waals surface area contributed by atoms with Crippen molar-refractivity contribution in [2.75, 3.05) is 20.2 Å². The van der Waals surface area contributed by atoms with E-state index in [1.165, 1.54) is 0 Å². The maximum atomic E-state index is 11.2. The van der Waals surface area contributed by atoms with E-state index in [0.29, 0.717) is 11.8 Å². The second-order valence-corrected chi connectivity index (χ2v) is 7.63. The highest BCUT2D eigenvalue weighted by molar-refractivity contribution is 6.21. The maximum absolute atomic E-state index is 11.2. The summed E-state index contributed by atoms with van der Waals surface area (Å²) in [5, 5.41) is 12.3. The molecule has 132 valence electrons. The van der Waals surface area contributed by atoms with E-state index in [0.717, 1.165) is 41.7 Å². The molecule has 3 unspecified atom stereocenters. The lowest BCUT2D eigenvalue weighted by Gasteiger charge is -2.52. The van der Waals surface area contributed by atoms with Gasteiger partial charge in [-0.3, -0.25) is 9.88 Å². The van der Waals surface area contributed by atoms with Crippen molar-refractivity contribution >= 4 is 22.5 Å². The molecule has 3 aliphatic rings. The van der Waals surface area contributed by atoms with E-state index in [1.807, 2.05) is 30.3 Å². The molecule has 5 heteroatoms. The summed E-state index contributed by atoms with van der Waals surface area (Å²) in [4.78, 5) is 6.74. The Morgan fingerprint density at radius 3 is 2.96 bits per heavy atom. The van der Waals surface area contributed by atoms with Gasteiger partial charge in [-0.1, -0.05) is 6.08 Å². The molecule has 25 heavy (non-hydrogen) atoms. The molecule has 0 radical (unpaired) electrons. The minimum atomic E-state index is -0.574. The summed E-state index contributed by atoms with van der Waals surface area (Å²) in [5.74, 6) is 1.56. The van der Waals surface area contributed by atoms with Gasteiger partial charge in [0.05, 0.1) is 18.7 Å². The monoisotopic (exact) mass is 358 g/mol. The maximum Gasteiger partial charge on any atom is 0.119 e. The number of hydrogen-bond donors (Lipinski definition) is 1. The largest absolute Gasteiger partial charge is 0.497 e. The number of fused-ring (bicyclic) bond motifs is 4. The first-order chi connectivity index (χ1) is 12.1. The number of ether oxygens (including phenoxy) is 1. The van der Waals surface area contributed by atoms with Gasteiger partial charge < -0.3 is 9.84 Å². The van der Waals surface area contributed by atoms with E-state index in [9.17, 15) is 5.11 Å². The number of alkyl halides is 1. The molecule has 3 aliphatic heterocycles. The molecule has 0 saturated carbocycles. The van der Waals surface area contributed by atoms with Crippen LogP contribution in [-0.4, -0.2) is 46.6 Å². The molecule has 1 aromatic heterocycles. The molecule has 6 atom stereocenters. The zero-order valence-corrected chi connectivity index (χ0v) is 15.1. The number of halogens is 1. The molecule has 3 saturated heterocycles. The zero-order valence-electron chi connectivity index (χ0n) is 14.3. The number of pyridine rings is 1. The summed E-state index contributed by atoms with van der Waals surface area (Å²) in [6.07, 6.45) is 4.09. The highest BCUT2D eigenvalue weighted by Crippen LogP contribution is 2.44. The van der Waals surface area contributed by atoms with E-state index in [4.69, 9.17) is 16.3 Å². The molecule has 0 amide bonds. The average molecular weight is 359 g/mol. The normalized spacial score (nSPS) is 32.5. The van der Waals surface area contributed by atoms with Crippen LogP contribution in [-0.2, 0) is 0 Å². The van der Waals surface area contributed by atoms with Crippen molar-refractivity contribution in [2.24, 2.45) is 11.8 Å². The second kappa shape index (κ2) is 6.60. The topological polar surface area (TPSA) is 45.6 Å². The van der Waals surface area contributed by atoms with Crippen molar-refractivity contribution in [3.05, 3.63) is 48.7 Å². The molecule has 5 rings (SSSR count). The van der Waals surface area contributed by atoms with Gasteiger partial charge in [0, 0.05) is 36.1 Å². The van der Waals surface area contributed by atoms with Gasteiger partial charge in [-0.25, -0.2) is 0 Å². The van der Waals surface area contributed by atoms with E-state index in [-0.39, 0.29) is 11.4 Å². The zero-order chi connectivity index (χ0) is 17.6. The fraction of sp³-hybridized carbons (Fsp3) is 0.450. The van der Waals surface area contributed by atoms with Crippen LogP contribution in [0.2, 0.25) is 0 Å². The molecular weight excluding hydrogens is 336 g/mol. The Kier molecular flexibility index (Phi) is 4.44. The number of aromatic nitrogens is 1. The molecule has 1 aromatic carbocycles. The Balaban J connectivity index is 1.69. The molecule has 4 nitrogen and oxygen atoms in total. The van der Waals surface area contributed by atoms with Crippen molar-refractivity contribution in [1.82, 2.24) is 9.88 Å². The molecule has 4 heterocycles. The van der Waals surface area contributed by atoms with Crippen molar-refractivity contribution < 1.29 is 9.84 Å². The van der Waals surface area contributed by atoms with Gasteiger partial charge in [0.1, 0.15) is 5.75 Å². The van der Waals surface area contributed by atoms with Gasteiger partial charge >= 0.3 is 0 Å². The minimum absolute atomic E-state index is 0.0769. The van der Waals surface area contributed by atoms with Crippen LogP contribution in [0, 0.1) is 11.8 Å². The van der Waals surface area contributed by atoms with Gasteiger partial charge in [0.2, 0.25) is 0 Å². The molecule has 0 aliphatic carbocycles. The lowest BCUT2D eigenvalue weighted by atomic mass is 9.73. The fourth-order valence-electron chi connectivity index (χ4n) is 4.45. The first kappa shape index (κ1) is 16.8. The third kappa shape index (κ3) is 2.82. The Bertz CT molecular complexity index is 796. The number of rotatable bonds is 4. The van der Waals surface area contributed by atoms with Crippen molar-refractivity contribution in [3.8, 4) is 5.75 Å². The Labute approximate surface area is 153 Å². The summed E-state index contributed by atoms with van der Waals surface area (Å²) in [7, 11) is 1.65. The van der Waals surface area contributed by atoms with E-state index >= 15 is 0 Å². The van der Waals surface area contributed by atoms with Gasteiger partial charge in [-0.15, -0.1) is 18.2 Å². The summed E-state index contributed by atoms with van der Waals surface area (Å²) in [5.41, 5.74) is 1.77. The van der Waals surface area contributed by atoms with Crippen LogP contribution in [0.3, 0.4) is 0 Å². The first-order valence-electron chi connectivity index (χ1n) is 8.73. The van der Waals surface area contributed by atoms with Crippen LogP contribution < -0.4 is 4.74 Å². The van der Waals surface area contributed by atoms with Crippen LogP contribution in [0.15, 0.2) is 43.1 Å². The summed E-state index contributed by atoms with van der Waals surface area (Å²) in [6.45, 7) is 5.70. The van der Waals surface area contributed by atoms with Crippen LogP contribution in [0.1, 0.15) is 18.1 Å². The Morgan fingerprint density at radius 2 is 2.24 bits per heavy atom. The van der Waals surface area contributed by atoms with Gasteiger partial charge in [0.25, 0.3) is 0 Å². The standard InChI is InChI=1S/C20H23ClN2O2/c1-3-12-10-23-11-17(21)15(12)9-19(23)20(24)14-6-7-22-18-5-4-13(25-2)8-16(14)18/h3-8,12,15,17,19-20,24H,1,9-11H2,2H3/t12-,15?,17?,19-,20+/m0/s1. The molecule has 2 bridgehead atoms. The number of hydrogen-bond acceptors (Lipinski definition) is 4. The van der Waals surface area contributed by atoms with Gasteiger partial charge in [0.15, 0.2) is 0 Å². The average Bonchev–Trinajstić information content (AvgIpc) is 2.66. The minimum Gasteiger partial charge on any atom is -0.497 e. The molecular formula is C20H23ClN2O2. The first-order valence-corrected chi connectivity index (χ1v) is 9.17. The third-order valence-electron chi connectivity index (χ3n) is 5.82. The second-order valence-electron chi connectivity index (χ2n) is 7.06. The smallest absolute Gasteiger partial charge is 0.119 e. The van der Waals surface area contributed by atoms with Crippen molar-refractivity contribution in [3.63, 3.8) is 0 Å². The fourth-order valence-corrected chi connectivity index (χ4v) is 4.91. The number of aliphatic hydroxyl groups excluding tert-OH is 1. The van der Waals surface area contributed by atoms with Crippen molar-refractivity contribution in [2.45, 2.75) is 23.9 Å². The summed E-state index contributed by atoms with van der Waals surface area (Å²) < 4.78 is 5.35. The lowest BCUT2D eigenvalue weighted by molar-refractivity contribution is -0.0420. The van der Waals surface area contributed by atoms with Crippen molar-refractivity contribution in [1.29, 1.82) is 0 Å². The van der Waals surface area contributed by atoms with E-state index < -0.39 is 6.10 Å². The highest BCUT2D eigenvalue weighted by Gasteiger charge is 2.46. The number of piperidine rings is 3. The van der Waals surface area contributed by atoms with Crippen LogP contribution in [0.5, 0.6) is 5.75 Å². The number of nitrogens with zero attached hydrogens (tertiary/aromatic N) is 2. The predicted octanol–water partition coefficient (Wildman–Crippen LogP) is 3.39. The van der Waals surface area contributed by atoms with Crippen LogP contribution in [0.25, 0.3) is 10.9 Å². The quantitative estimate of drug-likeness (QED) is 0.672. The lowest BCUT2D eigenvalue weighted by Crippen LogP contribution is -2.59. The SMILES string of the molecule is C=C[C@H]1CN2CC(Cl)C1C[C@H]2[C@H](O)c1ccnc2ccc(OC)cc12. The van der Waals surface area contributed by atoms with Crippen LogP contribution >= 0.6 is 11.6 Å². The Morgan fingerprint density at radius 1 is 1.40 bits per heavy atom. The van der Waals surface area contributed by atoms with Crippen LogP contribution in [0.4, 0.5) is 0 Å². The molecule has 1 N–H and O–H groups in total.